The number of ether oxygens (including phenoxy) is 1. The number of hydrogen-bond acceptors (Lipinski definition) is 7. The molecule has 0 aliphatic carbocycles. The van der Waals surface area contributed by atoms with Gasteiger partial charge in [0, 0.05) is 49.9 Å². The molecule has 1 saturated heterocycles. The molecule has 2 N–H and O–H groups in total. The van der Waals surface area contributed by atoms with E-state index in [2.05, 4.69) is 35.5 Å². The van der Waals surface area contributed by atoms with E-state index < -0.39 is 0 Å². The number of aromatic nitrogens is 5. The van der Waals surface area contributed by atoms with Gasteiger partial charge in [0.1, 0.15) is 11.6 Å². The summed E-state index contributed by atoms with van der Waals surface area (Å²) < 4.78 is 7.44. The molecule has 140 valence electrons. The maximum absolute atomic E-state index is 5.83. The molecule has 1 atom stereocenters. The van der Waals surface area contributed by atoms with Crippen LogP contribution >= 0.6 is 0 Å². The highest BCUT2D eigenvalue weighted by Gasteiger charge is 2.26. The predicted octanol–water partition coefficient (Wildman–Crippen LogP) is 2.09. The summed E-state index contributed by atoms with van der Waals surface area (Å²) in [5, 5.41) is 0. The molecule has 0 bridgehead atoms. The van der Waals surface area contributed by atoms with Gasteiger partial charge in [0.2, 0.25) is 11.8 Å². The largest absolute Gasteiger partial charge is 0.481 e. The number of hydrogen-bond donors (Lipinski definition) is 1. The van der Waals surface area contributed by atoms with Crippen molar-refractivity contribution in [2.24, 2.45) is 0 Å². The summed E-state index contributed by atoms with van der Waals surface area (Å²) >= 11 is 0. The van der Waals surface area contributed by atoms with Crippen LogP contribution in [0.25, 0.3) is 0 Å². The molecule has 4 heterocycles. The standard InChI is InChI=1S/C19H23N7O/c1-27-17-10-16(23-19(20)24-17)25-8-3-5-15(13-25)18-22-7-9-26(18)12-14-4-2-6-21-11-14/h2,4,6-7,9-11,15H,3,5,8,12-13H2,1H3,(H2,20,23,24)/t15-/m1/s1. The molecule has 1 fully saturated rings. The van der Waals surface area contributed by atoms with E-state index >= 15 is 0 Å². The van der Waals surface area contributed by atoms with Crippen LogP contribution in [0.4, 0.5) is 11.8 Å². The highest BCUT2D eigenvalue weighted by atomic mass is 16.5. The zero-order valence-corrected chi connectivity index (χ0v) is 15.3. The van der Waals surface area contributed by atoms with Gasteiger partial charge in [0.05, 0.1) is 13.7 Å². The molecule has 8 heteroatoms. The first-order valence-electron chi connectivity index (χ1n) is 9.06. The van der Waals surface area contributed by atoms with E-state index in [1.165, 1.54) is 0 Å². The minimum atomic E-state index is 0.226. The molecular formula is C19H23N7O. The van der Waals surface area contributed by atoms with Crippen molar-refractivity contribution >= 4 is 11.8 Å². The van der Waals surface area contributed by atoms with E-state index in [0.717, 1.165) is 49.7 Å². The smallest absolute Gasteiger partial charge is 0.225 e. The van der Waals surface area contributed by atoms with E-state index in [9.17, 15) is 0 Å². The van der Waals surface area contributed by atoms with Gasteiger partial charge in [-0.25, -0.2) is 4.98 Å². The third-order valence-corrected chi connectivity index (χ3v) is 4.85. The molecule has 1 aliphatic rings. The van der Waals surface area contributed by atoms with Crippen molar-refractivity contribution in [2.45, 2.75) is 25.3 Å². The quantitative estimate of drug-likeness (QED) is 0.740. The van der Waals surface area contributed by atoms with Crippen LogP contribution in [-0.2, 0) is 6.54 Å². The van der Waals surface area contributed by atoms with Crippen LogP contribution in [0.2, 0.25) is 0 Å². The number of methoxy groups -OCH3 is 1. The topological polar surface area (TPSA) is 95.0 Å². The van der Waals surface area contributed by atoms with Gasteiger partial charge in [-0.05, 0) is 24.5 Å². The number of nitrogens with zero attached hydrogens (tertiary/aromatic N) is 6. The van der Waals surface area contributed by atoms with Gasteiger partial charge < -0.3 is 19.9 Å². The van der Waals surface area contributed by atoms with Crippen molar-refractivity contribution in [3.8, 4) is 5.88 Å². The van der Waals surface area contributed by atoms with Gasteiger partial charge in [0.25, 0.3) is 0 Å². The third-order valence-electron chi connectivity index (χ3n) is 4.85. The molecule has 3 aromatic heterocycles. The SMILES string of the molecule is COc1cc(N2CCC[C@@H](c3nccn3Cc3cccnc3)C2)nc(N)n1. The second-order valence-electron chi connectivity index (χ2n) is 6.69. The highest BCUT2D eigenvalue weighted by molar-refractivity contribution is 5.46. The van der Waals surface area contributed by atoms with Crippen molar-refractivity contribution in [1.29, 1.82) is 0 Å². The fourth-order valence-electron chi connectivity index (χ4n) is 3.60. The molecule has 0 saturated carbocycles. The number of anilines is 2. The fourth-order valence-corrected chi connectivity index (χ4v) is 3.60. The van der Waals surface area contributed by atoms with Crippen LogP contribution < -0.4 is 15.4 Å². The number of nitrogen functional groups attached to an aromatic ring is 1. The number of piperidine rings is 1. The molecule has 0 unspecified atom stereocenters. The van der Waals surface area contributed by atoms with Gasteiger partial charge in [-0.2, -0.15) is 9.97 Å². The average molecular weight is 365 g/mol. The molecule has 3 aromatic rings. The Balaban J connectivity index is 1.54. The maximum Gasteiger partial charge on any atom is 0.225 e. The molecule has 4 rings (SSSR count). The van der Waals surface area contributed by atoms with Gasteiger partial charge in [-0.15, -0.1) is 0 Å². The lowest BCUT2D eigenvalue weighted by molar-refractivity contribution is 0.397. The zero-order chi connectivity index (χ0) is 18.6. The first-order valence-corrected chi connectivity index (χ1v) is 9.06. The number of imidazole rings is 1. The lowest BCUT2D eigenvalue weighted by Gasteiger charge is -2.33. The molecule has 27 heavy (non-hydrogen) atoms. The molecule has 0 spiro atoms. The number of rotatable bonds is 5. The Morgan fingerprint density at radius 2 is 2.22 bits per heavy atom. The minimum absolute atomic E-state index is 0.226. The first-order chi connectivity index (χ1) is 13.2. The van der Waals surface area contributed by atoms with Crippen LogP contribution in [0.5, 0.6) is 5.88 Å². The Kier molecular flexibility index (Phi) is 4.86. The molecule has 0 amide bonds. The van der Waals surface area contributed by atoms with E-state index in [0.29, 0.717) is 11.8 Å². The fraction of sp³-hybridized carbons (Fsp3) is 0.368. The van der Waals surface area contributed by atoms with Crippen LogP contribution in [0.3, 0.4) is 0 Å². The zero-order valence-electron chi connectivity index (χ0n) is 15.3. The maximum atomic E-state index is 5.83. The minimum Gasteiger partial charge on any atom is -0.481 e. The summed E-state index contributed by atoms with van der Waals surface area (Å²) in [7, 11) is 1.58. The first kappa shape index (κ1) is 17.3. The Hall–Kier alpha value is -3.16. The second kappa shape index (κ2) is 7.61. The summed E-state index contributed by atoms with van der Waals surface area (Å²) in [6, 6.07) is 5.88. The van der Waals surface area contributed by atoms with Crippen molar-refractivity contribution in [2.75, 3.05) is 30.8 Å². The third kappa shape index (κ3) is 3.84. The van der Waals surface area contributed by atoms with Gasteiger partial charge >= 0.3 is 0 Å². The monoisotopic (exact) mass is 365 g/mol. The average Bonchev–Trinajstić information content (AvgIpc) is 3.16. The Bertz CT molecular complexity index is 896. The molecule has 1 aliphatic heterocycles. The number of nitrogens with two attached hydrogens (primary N) is 1. The molecule has 0 aromatic carbocycles. The normalized spacial score (nSPS) is 17.1. The van der Waals surface area contributed by atoms with Crippen molar-refractivity contribution < 1.29 is 4.74 Å². The van der Waals surface area contributed by atoms with Crippen molar-refractivity contribution in [3.63, 3.8) is 0 Å². The summed E-state index contributed by atoms with van der Waals surface area (Å²) in [6.07, 6.45) is 9.75. The van der Waals surface area contributed by atoms with Crippen LogP contribution in [-0.4, -0.2) is 44.7 Å². The van der Waals surface area contributed by atoms with Crippen LogP contribution in [0, 0.1) is 0 Å². The van der Waals surface area contributed by atoms with Crippen molar-refractivity contribution in [1.82, 2.24) is 24.5 Å². The Labute approximate surface area is 158 Å². The summed E-state index contributed by atoms with van der Waals surface area (Å²) in [6.45, 7) is 2.54. The van der Waals surface area contributed by atoms with Crippen LogP contribution in [0.1, 0.15) is 30.1 Å². The van der Waals surface area contributed by atoms with E-state index in [1.807, 2.05) is 30.7 Å². The van der Waals surface area contributed by atoms with Gasteiger partial charge in [0.15, 0.2) is 0 Å². The van der Waals surface area contributed by atoms with Crippen molar-refractivity contribution in [3.05, 3.63) is 54.4 Å². The van der Waals surface area contributed by atoms with Crippen LogP contribution in [0.15, 0.2) is 43.0 Å². The van der Waals surface area contributed by atoms with Gasteiger partial charge in [-0.3, -0.25) is 4.98 Å². The molecule has 0 radical (unpaired) electrons. The molecular weight excluding hydrogens is 342 g/mol. The summed E-state index contributed by atoms with van der Waals surface area (Å²) in [5.41, 5.74) is 6.99. The van der Waals surface area contributed by atoms with E-state index in [4.69, 9.17) is 10.5 Å². The predicted molar refractivity (Wildman–Crippen MR) is 103 cm³/mol. The lowest BCUT2D eigenvalue weighted by atomic mass is 9.97. The lowest BCUT2D eigenvalue weighted by Crippen LogP contribution is -2.36. The summed E-state index contributed by atoms with van der Waals surface area (Å²) in [5.74, 6) is 2.93. The highest BCUT2D eigenvalue weighted by Crippen LogP contribution is 2.30. The Morgan fingerprint density at radius 3 is 3.04 bits per heavy atom. The van der Waals surface area contributed by atoms with Gasteiger partial charge in [-0.1, -0.05) is 6.07 Å². The number of pyridine rings is 1. The van der Waals surface area contributed by atoms with E-state index in [-0.39, 0.29) is 5.95 Å². The second-order valence-corrected chi connectivity index (χ2v) is 6.69. The Morgan fingerprint density at radius 1 is 1.30 bits per heavy atom. The molecule has 8 nitrogen and oxygen atoms in total. The summed E-state index contributed by atoms with van der Waals surface area (Å²) in [4.78, 5) is 19.5. The van der Waals surface area contributed by atoms with E-state index in [1.54, 1.807) is 13.3 Å².